The minimum atomic E-state index is -1.16. The topological polar surface area (TPSA) is 80.0 Å². The van der Waals surface area contributed by atoms with Crippen molar-refractivity contribution in [1.29, 1.82) is 0 Å². The predicted octanol–water partition coefficient (Wildman–Crippen LogP) is 2.82. The molecule has 9 heteroatoms. The van der Waals surface area contributed by atoms with E-state index in [4.69, 9.17) is 9.15 Å². The average Bonchev–Trinajstić information content (AvgIpc) is 2.72. The zero-order valence-electron chi connectivity index (χ0n) is 17.5. The average molecular weight is 505 g/mol. The quantitative estimate of drug-likeness (QED) is 0.538. The zero-order valence-corrected chi connectivity index (χ0v) is 19.6. The Morgan fingerprint density at radius 2 is 1.91 bits per heavy atom. The molecule has 0 spiro atoms. The molecule has 3 aromatic rings. The standard InChI is InChI=1S/C23H22AsF2NO5/c1-12-11-31-4-3-27(12)21-10-20(28)19-6-14(23(29)30)5-18(22(19)32-21)13(2)24-15-7-16(25)9-17(26)8-15/h5-10,12-13,24H,3-4,11H2,1-2H3,(H,29,30)/t12-,13?/m0/s1. The zero-order chi connectivity index (χ0) is 23.0. The Bertz CT molecular complexity index is 1220. The van der Waals surface area contributed by atoms with E-state index in [1.54, 1.807) is 0 Å². The molecule has 1 aromatic heterocycles. The van der Waals surface area contributed by atoms with E-state index < -0.39 is 33.4 Å². The predicted molar refractivity (Wildman–Crippen MR) is 119 cm³/mol. The van der Waals surface area contributed by atoms with Gasteiger partial charge in [-0.05, 0) is 0 Å². The third-order valence-electron chi connectivity index (χ3n) is 5.45. The normalized spacial score (nSPS) is 17.9. The summed E-state index contributed by atoms with van der Waals surface area (Å²) in [4.78, 5) is 26.6. The van der Waals surface area contributed by atoms with Crippen LogP contribution in [0.3, 0.4) is 0 Å². The summed E-state index contributed by atoms with van der Waals surface area (Å²) < 4.78 is 39.3. The van der Waals surface area contributed by atoms with Crippen LogP contribution in [0.15, 0.2) is 45.6 Å². The van der Waals surface area contributed by atoms with Gasteiger partial charge in [0.25, 0.3) is 0 Å². The number of carboxylic acid groups (broad SMARTS) is 1. The number of ether oxygens (including phenoxy) is 1. The molecule has 3 atom stereocenters. The molecule has 1 aliphatic rings. The second-order valence-electron chi connectivity index (χ2n) is 7.84. The first-order valence-electron chi connectivity index (χ1n) is 10.1. The summed E-state index contributed by atoms with van der Waals surface area (Å²) in [7, 11) is 0. The van der Waals surface area contributed by atoms with Gasteiger partial charge in [-0.1, -0.05) is 0 Å². The van der Waals surface area contributed by atoms with Gasteiger partial charge in [0.15, 0.2) is 0 Å². The molecule has 2 heterocycles. The number of anilines is 1. The summed E-state index contributed by atoms with van der Waals surface area (Å²) in [5, 5.41) is 9.73. The van der Waals surface area contributed by atoms with Crippen LogP contribution >= 0.6 is 0 Å². The molecule has 0 radical (unpaired) electrons. The van der Waals surface area contributed by atoms with Crippen LogP contribution in [0.5, 0.6) is 0 Å². The van der Waals surface area contributed by atoms with Crippen LogP contribution in [0, 0.1) is 11.6 Å². The van der Waals surface area contributed by atoms with Crippen molar-refractivity contribution in [2.75, 3.05) is 24.7 Å². The molecule has 32 heavy (non-hydrogen) atoms. The molecule has 1 saturated heterocycles. The molecule has 1 N–H and O–H groups in total. The third-order valence-corrected chi connectivity index (χ3v) is 8.32. The molecule has 1 aliphatic heterocycles. The van der Waals surface area contributed by atoms with Crippen molar-refractivity contribution in [3.8, 4) is 0 Å². The van der Waals surface area contributed by atoms with Gasteiger partial charge in [0.05, 0.1) is 0 Å². The van der Waals surface area contributed by atoms with Gasteiger partial charge in [0.1, 0.15) is 0 Å². The van der Waals surface area contributed by atoms with Crippen molar-refractivity contribution in [3.05, 3.63) is 69.4 Å². The first kappa shape index (κ1) is 22.5. The third kappa shape index (κ3) is 4.57. The van der Waals surface area contributed by atoms with Crippen molar-refractivity contribution >= 4 is 42.9 Å². The van der Waals surface area contributed by atoms with E-state index in [-0.39, 0.29) is 27.1 Å². The van der Waals surface area contributed by atoms with Gasteiger partial charge in [-0.15, -0.1) is 0 Å². The second-order valence-corrected chi connectivity index (χ2v) is 11.5. The molecule has 0 saturated carbocycles. The van der Waals surface area contributed by atoms with E-state index in [0.29, 0.717) is 41.1 Å². The van der Waals surface area contributed by atoms with Crippen LogP contribution < -0.4 is 14.7 Å². The van der Waals surface area contributed by atoms with Crippen molar-refractivity contribution in [2.24, 2.45) is 0 Å². The number of fused-ring (bicyclic) bond motifs is 1. The molecule has 4 rings (SSSR count). The number of hydrogen-bond donors (Lipinski definition) is 1. The van der Waals surface area contributed by atoms with Crippen molar-refractivity contribution in [2.45, 2.75) is 24.6 Å². The number of aromatic carboxylic acids is 1. The van der Waals surface area contributed by atoms with E-state index in [9.17, 15) is 23.5 Å². The first-order valence-corrected chi connectivity index (χ1v) is 12.4. The fraction of sp³-hybridized carbons (Fsp3) is 0.304. The fourth-order valence-electron chi connectivity index (χ4n) is 3.88. The molecule has 1 fully saturated rings. The van der Waals surface area contributed by atoms with Crippen molar-refractivity contribution < 1.29 is 27.8 Å². The van der Waals surface area contributed by atoms with E-state index in [2.05, 4.69) is 0 Å². The van der Waals surface area contributed by atoms with Crippen LogP contribution in [0.25, 0.3) is 11.0 Å². The Kier molecular flexibility index (Phi) is 6.35. The van der Waals surface area contributed by atoms with Crippen molar-refractivity contribution in [1.82, 2.24) is 0 Å². The maximum atomic E-state index is 13.7. The van der Waals surface area contributed by atoms with Gasteiger partial charge in [-0.2, -0.15) is 0 Å². The number of morpholine rings is 1. The summed E-state index contributed by atoms with van der Waals surface area (Å²) in [6, 6.07) is 7.59. The summed E-state index contributed by atoms with van der Waals surface area (Å²) >= 11 is -1.13. The summed E-state index contributed by atoms with van der Waals surface area (Å²) in [6.07, 6.45) is 0. The van der Waals surface area contributed by atoms with Gasteiger partial charge in [-0.25, -0.2) is 0 Å². The number of carbonyl (C=O) groups is 1. The van der Waals surface area contributed by atoms with Crippen LogP contribution in [0.1, 0.15) is 34.5 Å². The monoisotopic (exact) mass is 505 g/mol. The van der Waals surface area contributed by atoms with E-state index in [0.717, 1.165) is 6.07 Å². The molecular formula is C23H22AsF2NO5. The molecule has 0 aliphatic carbocycles. The number of carboxylic acids is 1. The van der Waals surface area contributed by atoms with Gasteiger partial charge >= 0.3 is 189 Å². The number of hydrogen-bond acceptors (Lipinski definition) is 5. The molecule has 0 bridgehead atoms. The molecule has 0 amide bonds. The van der Waals surface area contributed by atoms with Gasteiger partial charge < -0.3 is 0 Å². The van der Waals surface area contributed by atoms with Crippen LogP contribution in [0.4, 0.5) is 14.7 Å². The number of halogens is 2. The van der Waals surface area contributed by atoms with Gasteiger partial charge in [0, 0.05) is 0 Å². The number of benzene rings is 2. The van der Waals surface area contributed by atoms with Crippen LogP contribution in [-0.2, 0) is 4.74 Å². The summed E-state index contributed by atoms with van der Waals surface area (Å²) in [6.45, 7) is 5.38. The Labute approximate surface area is 189 Å². The van der Waals surface area contributed by atoms with E-state index in [1.165, 1.54) is 30.3 Å². The van der Waals surface area contributed by atoms with Gasteiger partial charge in [0.2, 0.25) is 0 Å². The van der Waals surface area contributed by atoms with E-state index in [1.807, 2.05) is 18.7 Å². The van der Waals surface area contributed by atoms with Gasteiger partial charge in [-0.3, -0.25) is 0 Å². The first-order chi connectivity index (χ1) is 15.2. The maximum absolute atomic E-state index is 13.7. The SMILES string of the molecule is CC([AsH]c1cc(F)cc(F)c1)c1cc(C(=O)O)cc2c(=O)cc(N3CCOC[C@@H]3C)oc12. The second kappa shape index (κ2) is 9.04. The fourth-order valence-corrected chi connectivity index (χ4v) is 6.63. The van der Waals surface area contributed by atoms with Crippen LogP contribution in [-0.4, -0.2) is 52.6 Å². The Hall–Kier alpha value is -2.70. The summed E-state index contributed by atoms with van der Waals surface area (Å²) in [5.74, 6) is -2.08. The Balaban J connectivity index is 1.84. The molecular weight excluding hydrogens is 483 g/mol. The molecule has 2 aromatic carbocycles. The number of nitrogens with zero attached hydrogens (tertiary/aromatic N) is 1. The molecule has 6 nitrogen and oxygen atoms in total. The summed E-state index contributed by atoms with van der Waals surface area (Å²) in [5.41, 5.74) is 0.484. The Morgan fingerprint density at radius 1 is 1.19 bits per heavy atom. The molecule has 168 valence electrons. The van der Waals surface area contributed by atoms with Crippen LogP contribution in [0.2, 0.25) is 0 Å². The van der Waals surface area contributed by atoms with Crippen molar-refractivity contribution in [3.63, 3.8) is 0 Å². The van der Waals surface area contributed by atoms with E-state index >= 15 is 0 Å². The molecule has 2 unspecified atom stereocenters. The minimum absolute atomic E-state index is 0.00669. The number of rotatable bonds is 5. The Morgan fingerprint density at radius 3 is 2.56 bits per heavy atom.